The van der Waals surface area contributed by atoms with Crippen molar-refractivity contribution in [2.75, 3.05) is 5.32 Å². The predicted octanol–water partition coefficient (Wildman–Crippen LogP) is 3.87. The molecule has 6 heteroatoms. The van der Waals surface area contributed by atoms with Gasteiger partial charge in [-0.05, 0) is 57.4 Å². The Labute approximate surface area is 146 Å². The summed E-state index contributed by atoms with van der Waals surface area (Å²) in [6, 6.07) is 2.11. The van der Waals surface area contributed by atoms with Gasteiger partial charge in [-0.3, -0.25) is 4.79 Å². The van der Waals surface area contributed by atoms with E-state index < -0.39 is 5.97 Å². The van der Waals surface area contributed by atoms with E-state index in [2.05, 4.69) is 11.4 Å². The number of thiophene rings is 1. The molecule has 128 valence electrons. The molecule has 0 aromatic carbocycles. The SMILES string of the molecule is Cc1c(C(=O)OC(C)C)sc(NC(=O)[C@H]2C[C@@H]3CC[C@@H]2C3)c1C#N. The Morgan fingerprint density at radius 2 is 2.08 bits per heavy atom. The second kappa shape index (κ2) is 6.56. The van der Waals surface area contributed by atoms with Crippen LogP contribution in [0.5, 0.6) is 0 Å². The quantitative estimate of drug-likeness (QED) is 0.839. The van der Waals surface area contributed by atoms with Crippen molar-refractivity contribution in [3.05, 3.63) is 16.0 Å². The van der Waals surface area contributed by atoms with Gasteiger partial charge in [0.05, 0.1) is 11.7 Å². The van der Waals surface area contributed by atoms with Gasteiger partial charge in [0.2, 0.25) is 5.91 Å². The van der Waals surface area contributed by atoms with E-state index in [-0.39, 0.29) is 17.9 Å². The highest BCUT2D eigenvalue weighted by molar-refractivity contribution is 7.18. The van der Waals surface area contributed by atoms with E-state index in [1.807, 2.05) is 0 Å². The monoisotopic (exact) mass is 346 g/mol. The summed E-state index contributed by atoms with van der Waals surface area (Å²) in [6.45, 7) is 5.28. The minimum atomic E-state index is -0.440. The fourth-order valence-electron chi connectivity index (χ4n) is 3.97. The Balaban J connectivity index is 1.79. The highest BCUT2D eigenvalue weighted by Crippen LogP contribution is 2.48. The molecule has 24 heavy (non-hydrogen) atoms. The molecule has 1 amide bonds. The number of amides is 1. The predicted molar refractivity (Wildman–Crippen MR) is 91.9 cm³/mol. The molecule has 0 radical (unpaired) electrons. The van der Waals surface area contributed by atoms with Crippen LogP contribution in [-0.2, 0) is 9.53 Å². The largest absolute Gasteiger partial charge is 0.459 e. The Bertz CT molecular complexity index is 717. The number of nitrogens with zero attached hydrogens (tertiary/aromatic N) is 1. The van der Waals surface area contributed by atoms with Gasteiger partial charge in [-0.15, -0.1) is 11.3 Å². The number of rotatable bonds is 4. The fraction of sp³-hybridized carbons (Fsp3) is 0.611. The van der Waals surface area contributed by atoms with Crippen molar-refractivity contribution in [2.24, 2.45) is 17.8 Å². The lowest BCUT2D eigenvalue weighted by Gasteiger charge is -2.20. The molecular weight excluding hydrogens is 324 g/mol. The van der Waals surface area contributed by atoms with Crippen molar-refractivity contribution in [1.82, 2.24) is 0 Å². The van der Waals surface area contributed by atoms with Gasteiger partial charge in [0.15, 0.2) is 0 Å². The number of esters is 1. The number of ether oxygens (including phenoxy) is 1. The molecular formula is C18H22N2O3S. The molecule has 1 aromatic rings. The molecule has 1 N–H and O–H groups in total. The zero-order valence-electron chi connectivity index (χ0n) is 14.2. The third-order valence-electron chi connectivity index (χ3n) is 5.10. The number of nitriles is 1. The fourth-order valence-corrected chi connectivity index (χ4v) is 5.01. The van der Waals surface area contributed by atoms with E-state index in [9.17, 15) is 14.9 Å². The first-order valence-electron chi connectivity index (χ1n) is 8.46. The van der Waals surface area contributed by atoms with Crippen molar-refractivity contribution >= 4 is 28.2 Å². The minimum absolute atomic E-state index is 0.0104. The zero-order valence-corrected chi connectivity index (χ0v) is 15.0. The summed E-state index contributed by atoms with van der Waals surface area (Å²) >= 11 is 1.14. The van der Waals surface area contributed by atoms with Crippen molar-refractivity contribution in [1.29, 1.82) is 5.26 Å². The molecule has 0 unspecified atom stereocenters. The maximum atomic E-state index is 12.6. The highest BCUT2D eigenvalue weighted by Gasteiger charge is 2.43. The van der Waals surface area contributed by atoms with E-state index in [0.717, 1.165) is 30.6 Å². The van der Waals surface area contributed by atoms with E-state index in [0.29, 0.717) is 32.8 Å². The Kier molecular flexibility index (Phi) is 4.64. The van der Waals surface area contributed by atoms with Crippen LogP contribution in [0.4, 0.5) is 5.00 Å². The van der Waals surface area contributed by atoms with E-state index in [4.69, 9.17) is 4.74 Å². The van der Waals surface area contributed by atoms with Crippen LogP contribution in [0.15, 0.2) is 0 Å². The van der Waals surface area contributed by atoms with Gasteiger partial charge in [-0.25, -0.2) is 4.79 Å². The average molecular weight is 346 g/mol. The molecule has 1 aromatic heterocycles. The maximum absolute atomic E-state index is 12.6. The zero-order chi connectivity index (χ0) is 17.4. The van der Waals surface area contributed by atoms with Crippen LogP contribution < -0.4 is 5.32 Å². The standard InChI is InChI=1S/C18H22N2O3S/c1-9(2)23-18(22)15-10(3)14(8-19)17(24-15)20-16(21)13-7-11-4-5-12(13)6-11/h9,11-13H,4-7H2,1-3H3,(H,20,21)/t11-,12-,13+/m1/s1. The molecule has 2 saturated carbocycles. The molecule has 0 saturated heterocycles. The first kappa shape index (κ1) is 17.0. The van der Waals surface area contributed by atoms with E-state index >= 15 is 0 Å². The van der Waals surface area contributed by atoms with Crippen LogP contribution in [0.25, 0.3) is 0 Å². The molecule has 5 nitrogen and oxygen atoms in total. The normalized spacial score (nSPS) is 24.9. The third-order valence-corrected chi connectivity index (χ3v) is 6.29. The average Bonchev–Trinajstić information content (AvgIpc) is 3.21. The van der Waals surface area contributed by atoms with E-state index in [1.165, 1.54) is 6.42 Å². The summed E-state index contributed by atoms with van der Waals surface area (Å²) in [6.07, 6.45) is 4.24. The van der Waals surface area contributed by atoms with Crippen LogP contribution in [0.2, 0.25) is 0 Å². The summed E-state index contributed by atoms with van der Waals surface area (Å²) in [7, 11) is 0. The summed E-state index contributed by atoms with van der Waals surface area (Å²) in [5, 5.41) is 12.8. The molecule has 2 aliphatic rings. The van der Waals surface area contributed by atoms with Crippen LogP contribution in [0.1, 0.15) is 60.3 Å². The van der Waals surface area contributed by atoms with Crippen LogP contribution >= 0.6 is 11.3 Å². The smallest absolute Gasteiger partial charge is 0.348 e. The lowest BCUT2D eigenvalue weighted by Crippen LogP contribution is -2.27. The molecule has 3 rings (SSSR count). The van der Waals surface area contributed by atoms with Crippen LogP contribution in [0.3, 0.4) is 0 Å². The maximum Gasteiger partial charge on any atom is 0.348 e. The van der Waals surface area contributed by atoms with Crippen LogP contribution in [0, 0.1) is 36.0 Å². The van der Waals surface area contributed by atoms with Crippen molar-refractivity contribution in [3.8, 4) is 6.07 Å². The Morgan fingerprint density at radius 3 is 2.62 bits per heavy atom. The van der Waals surface area contributed by atoms with Gasteiger partial charge in [0.1, 0.15) is 15.9 Å². The minimum Gasteiger partial charge on any atom is -0.459 e. The molecule has 2 bridgehead atoms. The lowest BCUT2D eigenvalue weighted by molar-refractivity contribution is -0.121. The summed E-state index contributed by atoms with van der Waals surface area (Å²) in [5.41, 5.74) is 0.948. The number of hydrogen-bond acceptors (Lipinski definition) is 5. The van der Waals surface area contributed by atoms with Crippen molar-refractivity contribution in [3.63, 3.8) is 0 Å². The van der Waals surface area contributed by atoms with Crippen molar-refractivity contribution < 1.29 is 14.3 Å². The van der Waals surface area contributed by atoms with E-state index in [1.54, 1.807) is 20.8 Å². The molecule has 1 heterocycles. The number of carbonyl (C=O) groups is 2. The first-order chi connectivity index (χ1) is 11.4. The summed E-state index contributed by atoms with van der Waals surface area (Å²) in [4.78, 5) is 25.2. The van der Waals surface area contributed by atoms with Crippen LogP contribution in [-0.4, -0.2) is 18.0 Å². The van der Waals surface area contributed by atoms with Gasteiger partial charge in [0, 0.05) is 5.92 Å². The third kappa shape index (κ3) is 3.05. The topological polar surface area (TPSA) is 79.2 Å². The summed E-state index contributed by atoms with van der Waals surface area (Å²) < 4.78 is 5.22. The van der Waals surface area contributed by atoms with Gasteiger partial charge < -0.3 is 10.1 Å². The Morgan fingerprint density at radius 1 is 1.33 bits per heavy atom. The molecule has 0 aliphatic heterocycles. The number of nitrogens with one attached hydrogen (secondary N) is 1. The second-order valence-corrected chi connectivity index (χ2v) is 8.12. The van der Waals surface area contributed by atoms with Gasteiger partial charge in [-0.1, -0.05) is 6.42 Å². The number of hydrogen-bond donors (Lipinski definition) is 1. The molecule has 2 fully saturated rings. The summed E-state index contributed by atoms with van der Waals surface area (Å²) in [5.74, 6) is 0.756. The Hall–Kier alpha value is -1.87. The van der Waals surface area contributed by atoms with Gasteiger partial charge in [0.25, 0.3) is 0 Å². The molecule has 2 aliphatic carbocycles. The molecule has 3 atom stereocenters. The number of carbonyl (C=O) groups excluding carboxylic acids is 2. The number of fused-ring (bicyclic) bond motifs is 2. The first-order valence-corrected chi connectivity index (χ1v) is 9.27. The number of anilines is 1. The van der Waals surface area contributed by atoms with Crippen molar-refractivity contribution in [2.45, 2.75) is 52.6 Å². The van der Waals surface area contributed by atoms with Gasteiger partial charge in [-0.2, -0.15) is 5.26 Å². The van der Waals surface area contributed by atoms with Gasteiger partial charge >= 0.3 is 5.97 Å². The molecule has 0 spiro atoms. The second-order valence-electron chi connectivity index (χ2n) is 7.10. The lowest BCUT2D eigenvalue weighted by atomic mass is 9.88. The highest BCUT2D eigenvalue weighted by atomic mass is 32.1.